The lowest BCUT2D eigenvalue weighted by atomic mass is 10.2. The van der Waals surface area contributed by atoms with Gasteiger partial charge in [-0.2, -0.15) is 0 Å². The lowest BCUT2D eigenvalue weighted by Gasteiger charge is -2.26. The molecule has 1 aliphatic rings. The molecular weight excluding hydrogens is 136 g/mol. The first kappa shape index (κ1) is 8.08. The van der Waals surface area contributed by atoms with E-state index in [0.29, 0.717) is 0 Å². The normalized spacial score (nSPS) is 18.5. The fraction of sp³-hybridized carbons (Fsp3) is 0.333. The summed E-state index contributed by atoms with van der Waals surface area (Å²) in [5.41, 5.74) is 5.83. The molecular formula is C9H14N2. The van der Waals surface area contributed by atoms with E-state index in [4.69, 9.17) is 5.73 Å². The van der Waals surface area contributed by atoms with E-state index in [0.717, 1.165) is 13.0 Å². The summed E-state index contributed by atoms with van der Waals surface area (Å²) in [7, 11) is 0. The Bertz CT molecular complexity index is 182. The summed E-state index contributed by atoms with van der Waals surface area (Å²) < 4.78 is 0. The maximum absolute atomic E-state index is 5.83. The lowest BCUT2D eigenvalue weighted by molar-refractivity contribution is 0.307. The van der Waals surface area contributed by atoms with Gasteiger partial charge in [-0.25, -0.2) is 0 Å². The zero-order valence-corrected chi connectivity index (χ0v) is 6.61. The molecule has 0 amide bonds. The van der Waals surface area contributed by atoms with Crippen LogP contribution in [0.15, 0.2) is 37.1 Å². The summed E-state index contributed by atoms with van der Waals surface area (Å²) in [5.74, 6) is 0. The van der Waals surface area contributed by atoms with Crippen LogP contribution in [0.1, 0.15) is 6.42 Å². The summed E-state index contributed by atoms with van der Waals surface area (Å²) in [6, 6.07) is 0. The van der Waals surface area contributed by atoms with Crippen LogP contribution in [0, 0.1) is 0 Å². The molecule has 0 aromatic rings. The van der Waals surface area contributed by atoms with Crippen LogP contribution in [0.25, 0.3) is 0 Å². The molecule has 0 aliphatic carbocycles. The van der Waals surface area contributed by atoms with Gasteiger partial charge in [0, 0.05) is 12.7 Å². The van der Waals surface area contributed by atoms with E-state index in [9.17, 15) is 0 Å². The fourth-order valence-electron chi connectivity index (χ4n) is 1.03. The highest BCUT2D eigenvalue weighted by Gasteiger charge is 2.07. The van der Waals surface area contributed by atoms with Crippen molar-refractivity contribution in [2.75, 3.05) is 6.54 Å². The maximum atomic E-state index is 5.83. The third-order valence-corrected chi connectivity index (χ3v) is 1.68. The molecule has 0 aromatic carbocycles. The number of rotatable bonds is 3. The zero-order chi connectivity index (χ0) is 8.10. The van der Waals surface area contributed by atoms with Gasteiger partial charge < -0.3 is 10.6 Å². The molecule has 2 nitrogen and oxygen atoms in total. The predicted octanol–water partition coefficient (Wildman–Crippen LogP) is 1.23. The van der Waals surface area contributed by atoms with Gasteiger partial charge in [-0.05, 0) is 12.5 Å². The third-order valence-electron chi connectivity index (χ3n) is 1.68. The highest BCUT2D eigenvalue weighted by Crippen LogP contribution is 2.03. The molecule has 2 heteroatoms. The van der Waals surface area contributed by atoms with Crippen LogP contribution in [0.2, 0.25) is 0 Å². The first-order valence-electron chi connectivity index (χ1n) is 3.80. The number of hydrogen-bond donors (Lipinski definition) is 1. The van der Waals surface area contributed by atoms with Crippen molar-refractivity contribution in [1.82, 2.24) is 4.90 Å². The van der Waals surface area contributed by atoms with Crippen LogP contribution in [0.3, 0.4) is 0 Å². The van der Waals surface area contributed by atoms with Crippen LogP contribution < -0.4 is 5.73 Å². The van der Waals surface area contributed by atoms with Gasteiger partial charge in [-0.1, -0.05) is 18.2 Å². The molecule has 0 radical (unpaired) electrons. The number of allylic oxidation sites excluding steroid dienone is 2. The van der Waals surface area contributed by atoms with Crippen LogP contribution in [0.5, 0.6) is 0 Å². The molecule has 1 aliphatic heterocycles. The van der Waals surface area contributed by atoms with Gasteiger partial charge in [-0.3, -0.25) is 0 Å². The van der Waals surface area contributed by atoms with Crippen LogP contribution in [-0.2, 0) is 0 Å². The van der Waals surface area contributed by atoms with Gasteiger partial charge in [0.2, 0.25) is 0 Å². The predicted molar refractivity (Wildman–Crippen MR) is 47.8 cm³/mol. The SMILES string of the molecule is C=CCC(N)N1C=CC=CC1. The second kappa shape index (κ2) is 3.98. The Balaban J connectivity index is 2.41. The standard InChI is InChI=1S/C9H14N2/c1-2-6-9(10)11-7-4-3-5-8-11/h2-5,7,9H,1,6,8,10H2. The minimum absolute atomic E-state index is 0.0775. The first-order valence-corrected chi connectivity index (χ1v) is 3.80. The van der Waals surface area contributed by atoms with E-state index in [1.807, 2.05) is 24.4 Å². The lowest BCUT2D eigenvalue weighted by Crippen LogP contribution is -2.38. The number of hydrogen-bond acceptors (Lipinski definition) is 2. The van der Waals surface area contributed by atoms with E-state index in [2.05, 4.69) is 17.6 Å². The van der Waals surface area contributed by atoms with Crippen LogP contribution in [-0.4, -0.2) is 17.6 Å². The Morgan fingerprint density at radius 1 is 1.64 bits per heavy atom. The highest BCUT2D eigenvalue weighted by atomic mass is 15.2. The second-order valence-electron chi connectivity index (χ2n) is 2.56. The first-order chi connectivity index (χ1) is 5.34. The monoisotopic (exact) mass is 150 g/mol. The summed E-state index contributed by atoms with van der Waals surface area (Å²) in [6.45, 7) is 4.55. The summed E-state index contributed by atoms with van der Waals surface area (Å²) in [6.07, 6.45) is 10.9. The third kappa shape index (κ3) is 2.24. The van der Waals surface area contributed by atoms with Gasteiger partial charge in [0.15, 0.2) is 0 Å². The average Bonchev–Trinajstić information content (AvgIpc) is 2.07. The Labute approximate surface area is 67.7 Å². The molecule has 1 atom stereocenters. The Morgan fingerprint density at radius 3 is 3.00 bits per heavy atom. The molecule has 2 N–H and O–H groups in total. The molecule has 0 aromatic heterocycles. The summed E-state index contributed by atoms with van der Waals surface area (Å²) in [4.78, 5) is 2.08. The molecule has 1 unspecified atom stereocenters. The quantitative estimate of drug-likeness (QED) is 0.613. The minimum Gasteiger partial charge on any atom is -0.358 e. The van der Waals surface area contributed by atoms with Crippen molar-refractivity contribution in [3.63, 3.8) is 0 Å². The zero-order valence-electron chi connectivity index (χ0n) is 6.61. The van der Waals surface area contributed by atoms with E-state index < -0.39 is 0 Å². The van der Waals surface area contributed by atoms with Crippen molar-refractivity contribution < 1.29 is 0 Å². The Hall–Kier alpha value is -1.02. The van der Waals surface area contributed by atoms with Crippen molar-refractivity contribution in [3.05, 3.63) is 37.1 Å². The van der Waals surface area contributed by atoms with E-state index in [1.165, 1.54) is 0 Å². The van der Waals surface area contributed by atoms with Crippen molar-refractivity contribution in [2.24, 2.45) is 5.73 Å². The maximum Gasteiger partial charge on any atom is 0.0803 e. The van der Waals surface area contributed by atoms with Crippen molar-refractivity contribution >= 4 is 0 Å². The molecule has 0 saturated heterocycles. The number of nitrogens with two attached hydrogens (primary N) is 1. The molecule has 0 spiro atoms. The van der Waals surface area contributed by atoms with Crippen molar-refractivity contribution in [2.45, 2.75) is 12.6 Å². The second-order valence-corrected chi connectivity index (χ2v) is 2.56. The van der Waals surface area contributed by atoms with Gasteiger partial charge in [0.05, 0.1) is 6.17 Å². The minimum atomic E-state index is 0.0775. The van der Waals surface area contributed by atoms with Crippen molar-refractivity contribution in [3.8, 4) is 0 Å². The fourth-order valence-corrected chi connectivity index (χ4v) is 1.03. The largest absolute Gasteiger partial charge is 0.358 e. The molecule has 0 bridgehead atoms. The van der Waals surface area contributed by atoms with Gasteiger partial charge in [0.1, 0.15) is 0 Å². The summed E-state index contributed by atoms with van der Waals surface area (Å²) >= 11 is 0. The summed E-state index contributed by atoms with van der Waals surface area (Å²) in [5, 5.41) is 0. The molecule has 1 heterocycles. The highest BCUT2D eigenvalue weighted by molar-refractivity contribution is 5.09. The smallest absolute Gasteiger partial charge is 0.0803 e. The molecule has 1 rings (SSSR count). The van der Waals surface area contributed by atoms with Gasteiger partial charge in [0.25, 0.3) is 0 Å². The van der Waals surface area contributed by atoms with Gasteiger partial charge >= 0.3 is 0 Å². The molecule has 11 heavy (non-hydrogen) atoms. The van der Waals surface area contributed by atoms with E-state index in [-0.39, 0.29) is 6.17 Å². The topological polar surface area (TPSA) is 29.3 Å². The van der Waals surface area contributed by atoms with Crippen molar-refractivity contribution in [1.29, 1.82) is 0 Å². The van der Waals surface area contributed by atoms with Gasteiger partial charge in [-0.15, -0.1) is 6.58 Å². The van der Waals surface area contributed by atoms with Crippen LogP contribution in [0.4, 0.5) is 0 Å². The Kier molecular flexibility index (Phi) is 2.93. The molecule has 0 fully saturated rings. The Morgan fingerprint density at radius 2 is 2.45 bits per heavy atom. The number of nitrogens with zero attached hydrogens (tertiary/aromatic N) is 1. The van der Waals surface area contributed by atoms with E-state index >= 15 is 0 Å². The van der Waals surface area contributed by atoms with E-state index in [1.54, 1.807) is 0 Å². The van der Waals surface area contributed by atoms with Crippen LogP contribution >= 0.6 is 0 Å². The average molecular weight is 150 g/mol. The molecule has 60 valence electrons. The molecule has 0 saturated carbocycles.